The van der Waals surface area contributed by atoms with Gasteiger partial charge in [0.05, 0.1) is 31.3 Å². The first kappa shape index (κ1) is 16.1. The maximum absolute atomic E-state index is 6.15. The van der Waals surface area contributed by atoms with Crippen molar-refractivity contribution in [2.75, 3.05) is 26.3 Å². The van der Waals surface area contributed by atoms with E-state index in [1.165, 1.54) is 16.9 Å². The summed E-state index contributed by atoms with van der Waals surface area (Å²) in [7, 11) is 0. The molecule has 1 saturated heterocycles. The van der Waals surface area contributed by atoms with Crippen molar-refractivity contribution in [3.63, 3.8) is 0 Å². The number of fused-ring (bicyclic) bond motifs is 3. The fourth-order valence-corrected chi connectivity index (χ4v) is 4.90. The van der Waals surface area contributed by atoms with Crippen molar-refractivity contribution in [3.05, 3.63) is 40.8 Å². The second-order valence-corrected chi connectivity index (χ2v) is 7.75. The molecule has 0 radical (unpaired) electrons. The fraction of sp³-hybridized carbons (Fsp3) is 0.421. The van der Waals surface area contributed by atoms with Crippen molar-refractivity contribution in [1.82, 2.24) is 19.9 Å². The molecular weight excluding hydrogens is 348 g/mol. The van der Waals surface area contributed by atoms with Crippen LogP contribution >= 0.6 is 11.3 Å². The van der Waals surface area contributed by atoms with E-state index >= 15 is 0 Å². The van der Waals surface area contributed by atoms with E-state index in [0.29, 0.717) is 11.6 Å². The molecule has 7 heteroatoms. The summed E-state index contributed by atoms with van der Waals surface area (Å²) < 4.78 is 11.6. The Morgan fingerprint density at radius 1 is 1.19 bits per heavy atom. The molecule has 6 nitrogen and oxygen atoms in total. The molecule has 0 aromatic carbocycles. The molecule has 0 atom stereocenters. The van der Waals surface area contributed by atoms with Crippen molar-refractivity contribution in [2.24, 2.45) is 0 Å². The summed E-state index contributed by atoms with van der Waals surface area (Å²) in [6.07, 6.45) is 6.90. The van der Waals surface area contributed by atoms with Gasteiger partial charge >= 0.3 is 0 Å². The molecular formula is C19H20N4O2S. The summed E-state index contributed by atoms with van der Waals surface area (Å²) in [6, 6.07) is 3.79. The van der Waals surface area contributed by atoms with Gasteiger partial charge in [-0.1, -0.05) is 0 Å². The monoisotopic (exact) mass is 368 g/mol. The van der Waals surface area contributed by atoms with Crippen molar-refractivity contribution in [1.29, 1.82) is 0 Å². The summed E-state index contributed by atoms with van der Waals surface area (Å²) in [6.45, 7) is 4.11. The molecule has 0 spiro atoms. The summed E-state index contributed by atoms with van der Waals surface area (Å²) >= 11 is 1.80. The highest BCUT2D eigenvalue weighted by atomic mass is 32.1. The molecule has 0 saturated carbocycles. The SMILES string of the molecule is c1cncc(Oc2nc(CN3CCOCC3)nc3sc4c(c23)CCC4)c1. The van der Waals surface area contributed by atoms with E-state index in [9.17, 15) is 0 Å². The first-order valence-electron chi connectivity index (χ1n) is 9.06. The minimum atomic E-state index is 0.672. The average molecular weight is 368 g/mol. The Kier molecular flexibility index (Phi) is 4.28. The zero-order valence-corrected chi connectivity index (χ0v) is 15.3. The van der Waals surface area contributed by atoms with E-state index < -0.39 is 0 Å². The summed E-state index contributed by atoms with van der Waals surface area (Å²) in [5.41, 5.74) is 1.38. The molecule has 0 N–H and O–H groups in total. The van der Waals surface area contributed by atoms with Crippen LogP contribution in [0.25, 0.3) is 10.2 Å². The Bertz CT molecular complexity index is 922. The Labute approximate surface area is 155 Å². The maximum Gasteiger partial charge on any atom is 0.231 e. The average Bonchev–Trinajstić information content (AvgIpc) is 3.24. The molecule has 0 bridgehead atoms. The van der Waals surface area contributed by atoms with Crippen molar-refractivity contribution in [3.8, 4) is 11.6 Å². The van der Waals surface area contributed by atoms with Crippen LogP contribution in [0.2, 0.25) is 0 Å². The van der Waals surface area contributed by atoms with Gasteiger partial charge in [0, 0.05) is 24.2 Å². The van der Waals surface area contributed by atoms with E-state index in [4.69, 9.17) is 19.4 Å². The van der Waals surface area contributed by atoms with E-state index in [1.54, 1.807) is 23.7 Å². The third-order valence-electron chi connectivity index (χ3n) is 4.90. The van der Waals surface area contributed by atoms with E-state index in [-0.39, 0.29) is 0 Å². The lowest BCUT2D eigenvalue weighted by Crippen LogP contribution is -2.36. The molecule has 0 unspecified atom stereocenters. The van der Waals surface area contributed by atoms with Crippen LogP contribution in [0.5, 0.6) is 11.6 Å². The van der Waals surface area contributed by atoms with Gasteiger partial charge < -0.3 is 9.47 Å². The van der Waals surface area contributed by atoms with E-state index in [1.807, 2.05) is 12.1 Å². The molecule has 2 aliphatic rings. The van der Waals surface area contributed by atoms with Crippen molar-refractivity contribution < 1.29 is 9.47 Å². The van der Waals surface area contributed by atoms with Crippen LogP contribution in [0.3, 0.4) is 0 Å². The topological polar surface area (TPSA) is 60.4 Å². The number of hydrogen-bond donors (Lipinski definition) is 0. The number of morpholine rings is 1. The van der Waals surface area contributed by atoms with Gasteiger partial charge in [-0.05, 0) is 37.0 Å². The van der Waals surface area contributed by atoms with Gasteiger partial charge in [0.2, 0.25) is 5.88 Å². The second kappa shape index (κ2) is 6.90. The number of rotatable bonds is 4. The van der Waals surface area contributed by atoms with Gasteiger partial charge in [-0.15, -0.1) is 11.3 Å². The maximum atomic E-state index is 6.15. The lowest BCUT2D eigenvalue weighted by molar-refractivity contribution is 0.0330. The predicted molar refractivity (Wildman–Crippen MR) is 99.8 cm³/mol. The first-order chi connectivity index (χ1) is 12.9. The van der Waals surface area contributed by atoms with Crippen LogP contribution < -0.4 is 4.74 Å². The third kappa shape index (κ3) is 3.06. The molecule has 134 valence electrons. The Morgan fingerprint density at radius 2 is 2.12 bits per heavy atom. The molecule has 26 heavy (non-hydrogen) atoms. The van der Waals surface area contributed by atoms with Gasteiger partial charge in [0.1, 0.15) is 16.4 Å². The van der Waals surface area contributed by atoms with Crippen LogP contribution in [0.4, 0.5) is 0 Å². The number of hydrogen-bond acceptors (Lipinski definition) is 7. The van der Waals surface area contributed by atoms with Gasteiger partial charge in [0.25, 0.3) is 0 Å². The van der Waals surface area contributed by atoms with Gasteiger partial charge in [0.15, 0.2) is 0 Å². The highest BCUT2D eigenvalue weighted by Gasteiger charge is 2.24. The minimum absolute atomic E-state index is 0.672. The Hall–Kier alpha value is -2.09. The standard InChI is InChI=1S/C19H20N4O2S/c1-4-14-15(5-1)26-19-17(14)18(25-13-3-2-6-20-11-13)21-16(22-19)12-23-7-9-24-10-8-23/h2-3,6,11H,1,4-5,7-10,12H2. The van der Waals surface area contributed by atoms with Gasteiger partial charge in [-0.2, -0.15) is 4.98 Å². The summed E-state index contributed by atoms with van der Waals surface area (Å²) in [5.74, 6) is 2.20. The highest BCUT2D eigenvalue weighted by Crippen LogP contribution is 2.41. The van der Waals surface area contributed by atoms with E-state index in [2.05, 4.69) is 9.88 Å². The summed E-state index contributed by atoms with van der Waals surface area (Å²) in [5, 5.41) is 1.09. The first-order valence-corrected chi connectivity index (χ1v) is 9.87. The van der Waals surface area contributed by atoms with Crippen LogP contribution in [0.15, 0.2) is 24.5 Å². The van der Waals surface area contributed by atoms with Crippen LogP contribution in [0.1, 0.15) is 22.7 Å². The summed E-state index contributed by atoms with van der Waals surface area (Å²) in [4.78, 5) is 18.6. The lowest BCUT2D eigenvalue weighted by Gasteiger charge is -2.25. The Balaban J connectivity index is 1.55. The molecule has 3 aromatic rings. The number of aryl methyl sites for hydroxylation is 2. The third-order valence-corrected chi connectivity index (χ3v) is 6.08. The van der Waals surface area contributed by atoms with Crippen LogP contribution in [0, 0.1) is 0 Å². The zero-order chi connectivity index (χ0) is 17.3. The van der Waals surface area contributed by atoms with Gasteiger partial charge in [-0.3, -0.25) is 9.88 Å². The van der Waals surface area contributed by atoms with Gasteiger partial charge in [-0.25, -0.2) is 4.98 Å². The normalized spacial score (nSPS) is 17.5. The lowest BCUT2D eigenvalue weighted by atomic mass is 10.2. The van der Waals surface area contributed by atoms with E-state index in [0.717, 1.165) is 61.7 Å². The molecule has 1 fully saturated rings. The second-order valence-electron chi connectivity index (χ2n) is 6.66. The quantitative estimate of drug-likeness (QED) is 0.705. The molecule has 1 aliphatic carbocycles. The predicted octanol–water partition coefficient (Wildman–Crippen LogP) is 3.20. The number of ether oxygens (including phenoxy) is 2. The molecule has 4 heterocycles. The number of nitrogens with zero attached hydrogens (tertiary/aromatic N) is 4. The number of aromatic nitrogens is 3. The number of thiophene rings is 1. The highest BCUT2D eigenvalue weighted by molar-refractivity contribution is 7.19. The minimum Gasteiger partial charge on any atom is -0.437 e. The zero-order valence-electron chi connectivity index (χ0n) is 14.5. The van der Waals surface area contributed by atoms with Crippen molar-refractivity contribution in [2.45, 2.75) is 25.8 Å². The van der Waals surface area contributed by atoms with Crippen LogP contribution in [-0.4, -0.2) is 46.2 Å². The van der Waals surface area contributed by atoms with Crippen molar-refractivity contribution >= 4 is 21.6 Å². The fourth-order valence-electron chi connectivity index (χ4n) is 3.63. The molecule has 1 aliphatic heterocycles. The Morgan fingerprint density at radius 3 is 2.96 bits per heavy atom. The largest absolute Gasteiger partial charge is 0.437 e. The number of pyridine rings is 1. The molecule has 5 rings (SSSR count). The van der Waals surface area contributed by atoms with Crippen LogP contribution in [-0.2, 0) is 24.1 Å². The smallest absolute Gasteiger partial charge is 0.231 e. The molecule has 3 aromatic heterocycles. The molecule has 0 amide bonds.